The summed E-state index contributed by atoms with van der Waals surface area (Å²) in [6.07, 6.45) is 0. The molecule has 0 aliphatic heterocycles. The summed E-state index contributed by atoms with van der Waals surface area (Å²) >= 11 is 3.16. The fraction of sp³-hybridized carbons (Fsp3) is 0.125. The fourth-order valence-corrected chi connectivity index (χ4v) is 2.41. The minimum absolute atomic E-state index is 0.0582. The number of nitrogens with zero attached hydrogens (tertiary/aromatic N) is 2. The summed E-state index contributed by atoms with van der Waals surface area (Å²) in [6.45, 7) is -3.09. The van der Waals surface area contributed by atoms with Gasteiger partial charge in [0.15, 0.2) is 0 Å². The van der Waals surface area contributed by atoms with E-state index in [0.717, 1.165) is 17.0 Å². The van der Waals surface area contributed by atoms with Gasteiger partial charge in [0.05, 0.1) is 16.8 Å². The van der Waals surface area contributed by atoms with Crippen LogP contribution in [0.4, 0.5) is 18.9 Å². The molecule has 24 heavy (non-hydrogen) atoms. The molecule has 0 aliphatic rings. The quantitative estimate of drug-likeness (QED) is 0.769. The van der Waals surface area contributed by atoms with Crippen molar-refractivity contribution in [2.24, 2.45) is 0 Å². The second kappa shape index (κ2) is 7.36. The molecule has 2 rings (SSSR count). The van der Waals surface area contributed by atoms with Gasteiger partial charge in [-0.2, -0.15) is 14.0 Å². The molecule has 0 atom stereocenters. The SMILES string of the molecule is CN(C(=O)c1cc(Br)ccc1OC(F)F)c1ccc(F)cc1C#N. The zero-order valence-corrected chi connectivity index (χ0v) is 13.9. The van der Waals surface area contributed by atoms with E-state index in [4.69, 9.17) is 5.26 Å². The molecule has 124 valence electrons. The fourth-order valence-electron chi connectivity index (χ4n) is 2.05. The van der Waals surface area contributed by atoms with E-state index >= 15 is 0 Å². The summed E-state index contributed by atoms with van der Waals surface area (Å²) < 4.78 is 43.1. The van der Waals surface area contributed by atoms with Crippen LogP contribution in [0.5, 0.6) is 5.75 Å². The van der Waals surface area contributed by atoms with E-state index in [1.165, 1.54) is 31.3 Å². The molecule has 4 nitrogen and oxygen atoms in total. The van der Waals surface area contributed by atoms with Crippen LogP contribution in [0.15, 0.2) is 40.9 Å². The second-order valence-corrected chi connectivity index (χ2v) is 5.57. The minimum Gasteiger partial charge on any atom is -0.434 e. The van der Waals surface area contributed by atoms with Crippen molar-refractivity contribution < 1.29 is 22.7 Å². The van der Waals surface area contributed by atoms with Gasteiger partial charge < -0.3 is 9.64 Å². The summed E-state index contributed by atoms with van der Waals surface area (Å²) in [5, 5.41) is 9.08. The zero-order chi connectivity index (χ0) is 17.9. The number of nitriles is 1. The van der Waals surface area contributed by atoms with Crippen LogP contribution in [-0.2, 0) is 0 Å². The number of hydrogen-bond donors (Lipinski definition) is 0. The van der Waals surface area contributed by atoms with Crippen molar-refractivity contribution in [2.75, 3.05) is 11.9 Å². The Labute approximate surface area is 144 Å². The number of ether oxygens (including phenoxy) is 1. The Kier molecular flexibility index (Phi) is 5.46. The highest BCUT2D eigenvalue weighted by Gasteiger charge is 2.22. The minimum atomic E-state index is -3.09. The Morgan fingerprint density at radius 1 is 1.29 bits per heavy atom. The number of alkyl halides is 2. The van der Waals surface area contributed by atoms with Crippen LogP contribution in [0.25, 0.3) is 0 Å². The molecule has 0 N–H and O–H groups in total. The van der Waals surface area contributed by atoms with Gasteiger partial charge >= 0.3 is 6.61 Å². The Morgan fingerprint density at radius 2 is 2.00 bits per heavy atom. The standard InChI is InChI=1S/C16H10BrF3N2O2/c1-22(13-4-3-11(18)6-9(13)8-21)15(23)12-7-10(17)2-5-14(12)24-16(19)20/h2-7,16H,1H3. The molecule has 0 fully saturated rings. The lowest BCUT2D eigenvalue weighted by Crippen LogP contribution is -2.27. The lowest BCUT2D eigenvalue weighted by Gasteiger charge is -2.20. The molecular formula is C16H10BrF3N2O2. The van der Waals surface area contributed by atoms with Gasteiger partial charge in [0.25, 0.3) is 5.91 Å². The lowest BCUT2D eigenvalue weighted by molar-refractivity contribution is -0.0501. The van der Waals surface area contributed by atoms with Gasteiger partial charge in [-0.25, -0.2) is 4.39 Å². The van der Waals surface area contributed by atoms with Crippen molar-refractivity contribution in [3.8, 4) is 11.8 Å². The smallest absolute Gasteiger partial charge is 0.387 e. The maximum Gasteiger partial charge on any atom is 0.387 e. The maximum atomic E-state index is 13.2. The highest BCUT2D eigenvalue weighted by molar-refractivity contribution is 9.10. The highest BCUT2D eigenvalue weighted by atomic mass is 79.9. The first-order chi connectivity index (χ1) is 11.3. The molecule has 0 saturated heterocycles. The molecule has 2 aromatic carbocycles. The number of carbonyl (C=O) groups excluding carboxylic acids is 1. The first-order valence-corrected chi connectivity index (χ1v) is 7.35. The molecule has 0 bridgehead atoms. The Bertz CT molecular complexity index is 821. The topological polar surface area (TPSA) is 53.3 Å². The Hall–Kier alpha value is -2.53. The number of amides is 1. The van der Waals surface area contributed by atoms with Crippen LogP contribution in [0, 0.1) is 17.1 Å². The summed E-state index contributed by atoms with van der Waals surface area (Å²) in [5.74, 6) is -1.61. The molecule has 0 heterocycles. The third-order valence-electron chi connectivity index (χ3n) is 3.13. The van der Waals surface area contributed by atoms with Gasteiger partial charge in [0.1, 0.15) is 17.6 Å². The number of benzene rings is 2. The van der Waals surface area contributed by atoms with E-state index in [9.17, 15) is 18.0 Å². The molecular weight excluding hydrogens is 389 g/mol. The maximum absolute atomic E-state index is 13.2. The van der Waals surface area contributed by atoms with E-state index in [1.807, 2.05) is 0 Å². The average molecular weight is 399 g/mol. The average Bonchev–Trinajstić information content (AvgIpc) is 2.54. The largest absolute Gasteiger partial charge is 0.434 e. The van der Waals surface area contributed by atoms with Gasteiger partial charge in [-0.05, 0) is 36.4 Å². The monoisotopic (exact) mass is 398 g/mol. The summed E-state index contributed by atoms with van der Waals surface area (Å²) in [4.78, 5) is 13.7. The highest BCUT2D eigenvalue weighted by Crippen LogP contribution is 2.28. The Balaban J connectivity index is 2.45. The third-order valence-corrected chi connectivity index (χ3v) is 3.63. The normalized spacial score (nSPS) is 10.4. The van der Waals surface area contributed by atoms with Crippen molar-refractivity contribution in [3.63, 3.8) is 0 Å². The van der Waals surface area contributed by atoms with Crippen molar-refractivity contribution in [2.45, 2.75) is 6.61 Å². The third kappa shape index (κ3) is 3.86. The van der Waals surface area contributed by atoms with E-state index < -0.39 is 18.3 Å². The van der Waals surface area contributed by atoms with Crippen LogP contribution in [0.3, 0.4) is 0 Å². The molecule has 8 heteroatoms. The van der Waals surface area contributed by atoms with Crippen molar-refractivity contribution in [1.82, 2.24) is 0 Å². The molecule has 0 radical (unpaired) electrons. The van der Waals surface area contributed by atoms with Crippen LogP contribution in [0.1, 0.15) is 15.9 Å². The molecule has 1 amide bonds. The summed E-state index contributed by atoms with van der Waals surface area (Å²) in [6, 6.07) is 9.13. The van der Waals surface area contributed by atoms with Crippen LogP contribution in [-0.4, -0.2) is 19.6 Å². The van der Waals surface area contributed by atoms with Gasteiger partial charge in [0, 0.05) is 11.5 Å². The molecule has 0 unspecified atom stereocenters. The summed E-state index contributed by atoms with van der Waals surface area (Å²) in [5.41, 5.74) is -0.0376. The van der Waals surface area contributed by atoms with Crippen LogP contribution in [0.2, 0.25) is 0 Å². The van der Waals surface area contributed by atoms with E-state index in [-0.39, 0.29) is 22.6 Å². The molecule has 2 aromatic rings. The zero-order valence-electron chi connectivity index (χ0n) is 12.3. The van der Waals surface area contributed by atoms with Crippen LogP contribution < -0.4 is 9.64 Å². The first-order valence-electron chi connectivity index (χ1n) is 6.55. The predicted octanol–water partition coefficient (Wildman–Crippen LogP) is 4.34. The van der Waals surface area contributed by atoms with Crippen molar-refractivity contribution in [1.29, 1.82) is 5.26 Å². The number of hydrogen-bond acceptors (Lipinski definition) is 3. The van der Waals surface area contributed by atoms with Crippen molar-refractivity contribution >= 4 is 27.5 Å². The molecule has 0 aromatic heterocycles. The summed E-state index contributed by atoms with van der Waals surface area (Å²) in [7, 11) is 1.35. The van der Waals surface area contributed by atoms with Crippen molar-refractivity contribution in [3.05, 3.63) is 57.8 Å². The first kappa shape index (κ1) is 17.8. The number of rotatable bonds is 4. The number of carbonyl (C=O) groups is 1. The van der Waals surface area contributed by atoms with E-state index in [1.54, 1.807) is 6.07 Å². The van der Waals surface area contributed by atoms with Crippen LogP contribution >= 0.6 is 15.9 Å². The van der Waals surface area contributed by atoms with Gasteiger partial charge in [-0.15, -0.1) is 0 Å². The second-order valence-electron chi connectivity index (χ2n) is 4.66. The molecule has 0 aliphatic carbocycles. The number of anilines is 1. The van der Waals surface area contributed by atoms with Gasteiger partial charge in [-0.1, -0.05) is 15.9 Å². The Morgan fingerprint density at radius 3 is 2.62 bits per heavy atom. The van der Waals surface area contributed by atoms with Gasteiger partial charge in [0.2, 0.25) is 0 Å². The predicted molar refractivity (Wildman–Crippen MR) is 84.6 cm³/mol. The number of halogens is 4. The van der Waals surface area contributed by atoms with Gasteiger partial charge in [-0.3, -0.25) is 4.79 Å². The molecule has 0 spiro atoms. The lowest BCUT2D eigenvalue weighted by atomic mass is 10.1. The molecule has 0 saturated carbocycles. The van der Waals surface area contributed by atoms with E-state index in [2.05, 4.69) is 20.7 Å². The van der Waals surface area contributed by atoms with E-state index in [0.29, 0.717) is 4.47 Å².